The van der Waals surface area contributed by atoms with Crippen LogP contribution in [0, 0.1) is 5.92 Å². The molecule has 2 unspecified atom stereocenters. The highest BCUT2D eigenvalue weighted by atomic mass is 16.2. The minimum absolute atomic E-state index is 0.0206. The highest BCUT2D eigenvalue weighted by Crippen LogP contribution is 2.35. The highest BCUT2D eigenvalue weighted by molar-refractivity contribution is 5.92. The Hall–Kier alpha value is -2.37. The van der Waals surface area contributed by atoms with Crippen molar-refractivity contribution in [3.8, 4) is 0 Å². The molecule has 5 rings (SSSR count). The lowest BCUT2D eigenvalue weighted by atomic mass is 9.90. The molecule has 3 aliphatic heterocycles. The van der Waals surface area contributed by atoms with Crippen LogP contribution in [-0.4, -0.2) is 64.6 Å². The topological polar surface area (TPSA) is 60.9 Å². The first-order valence-corrected chi connectivity index (χ1v) is 11.1. The standard InChI is InChI=1S/C23H29N3O3/c27-21-12-17(13-26(21)18-7-2-1-3-8-18)23(29)24-14-20-19-9-5-4-6-16(19)10-11-25(20)22(28)15-24/h4-6,9,17-18,20H,1-3,7-8,10-15H2. The Morgan fingerprint density at radius 2 is 1.72 bits per heavy atom. The number of piperazine rings is 1. The number of hydrogen-bond donors (Lipinski definition) is 0. The fourth-order valence-electron chi connectivity index (χ4n) is 5.74. The van der Waals surface area contributed by atoms with Gasteiger partial charge in [0.15, 0.2) is 0 Å². The maximum atomic E-state index is 13.3. The van der Waals surface area contributed by atoms with Gasteiger partial charge in [0.05, 0.1) is 18.5 Å². The van der Waals surface area contributed by atoms with Gasteiger partial charge in [-0.1, -0.05) is 43.5 Å². The second-order valence-corrected chi connectivity index (χ2v) is 9.01. The molecule has 3 heterocycles. The van der Waals surface area contributed by atoms with Crippen molar-refractivity contribution in [1.29, 1.82) is 0 Å². The quantitative estimate of drug-likeness (QED) is 0.771. The van der Waals surface area contributed by atoms with Crippen molar-refractivity contribution in [3.63, 3.8) is 0 Å². The first kappa shape index (κ1) is 18.6. The van der Waals surface area contributed by atoms with E-state index < -0.39 is 0 Å². The second kappa shape index (κ2) is 7.47. The molecule has 0 spiro atoms. The normalized spacial score (nSPS) is 27.8. The molecule has 0 bridgehead atoms. The average molecular weight is 396 g/mol. The van der Waals surface area contributed by atoms with Crippen molar-refractivity contribution < 1.29 is 14.4 Å². The lowest BCUT2D eigenvalue weighted by Crippen LogP contribution is -2.56. The summed E-state index contributed by atoms with van der Waals surface area (Å²) < 4.78 is 0. The molecule has 6 nitrogen and oxygen atoms in total. The highest BCUT2D eigenvalue weighted by Gasteiger charge is 2.43. The third-order valence-electron chi connectivity index (χ3n) is 7.29. The number of likely N-dealkylation sites (tertiary alicyclic amines) is 1. The molecular formula is C23H29N3O3. The van der Waals surface area contributed by atoms with Crippen LogP contribution in [-0.2, 0) is 20.8 Å². The molecule has 1 aromatic carbocycles. The summed E-state index contributed by atoms with van der Waals surface area (Å²) in [7, 11) is 0. The third-order valence-corrected chi connectivity index (χ3v) is 7.29. The lowest BCUT2D eigenvalue weighted by Gasteiger charge is -2.45. The Kier molecular flexibility index (Phi) is 4.80. The second-order valence-electron chi connectivity index (χ2n) is 9.01. The summed E-state index contributed by atoms with van der Waals surface area (Å²) in [6, 6.07) is 8.49. The molecule has 4 aliphatic rings. The van der Waals surface area contributed by atoms with E-state index in [0.29, 0.717) is 25.6 Å². The van der Waals surface area contributed by atoms with Crippen LogP contribution in [0.5, 0.6) is 0 Å². The number of carbonyl (C=O) groups excluding carboxylic acids is 3. The molecular weight excluding hydrogens is 366 g/mol. The number of amides is 3. The molecule has 29 heavy (non-hydrogen) atoms. The SMILES string of the molecule is O=C(C1CC(=O)N(C2CCCCC2)C1)N1CC(=O)N2CCc3ccccc3C2C1. The van der Waals surface area contributed by atoms with Crippen molar-refractivity contribution in [2.45, 2.75) is 57.0 Å². The number of rotatable bonds is 2. The molecule has 2 saturated heterocycles. The Balaban J connectivity index is 1.31. The minimum Gasteiger partial charge on any atom is -0.339 e. The maximum absolute atomic E-state index is 13.3. The first-order valence-electron chi connectivity index (χ1n) is 11.1. The van der Waals surface area contributed by atoms with Gasteiger partial charge in [-0.3, -0.25) is 14.4 Å². The summed E-state index contributed by atoms with van der Waals surface area (Å²) in [5.41, 5.74) is 2.44. The molecule has 1 saturated carbocycles. The molecule has 1 aliphatic carbocycles. The zero-order valence-corrected chi connectivity index (χ0v) is 16.9. The van der Waals surface area contributed by atoms with Crippen LogP contribution in [0.25, 0.3) is 0 Å². The van der Waals surface area contributed by atoms with Crippen LogP contribution in [0.1, 0.15) is 55.7 Å². The Labute approximate surface area is 171 Å². The van der Waals surface area contributed by atoms with Crippen LogP contribution in [0.15, 0.2) is 24.3 Å². The van der Waals surface area contributed by atoms with E-state index in [1.807, 2.05) is 21.9 Å². The van der Waals surface area contributed by atoms with Gasteiger partial charge in [0.25, 0.3) is 0 Å². The van der Waals surface area contributed by atoms with Crippen molar-refractivity contribution in [2.24, 2.45) is 5.92 Å². The van der Waals surface area contributed by atoms with Crippen LogP contribution in [0.2, 0.25) is 0 Å². The Bertz CT molecular complexity index is 832. The molecule has 154 valence electrons. The average Bonchev–Trinajstić information content (AvgIpc) is 3.15. The van der Waals surface area contributed by atoms with E-state index in [9.17, 15) is 14.4 Å². The van der Waals surface area contributed by atoms with Gasteiger partial charge in [0.1, 0.15) is 0 Å². The summed E-state index contributed by atoms with van der Waals surface area (Å²) >= 11 is 0. The monoisotopic (exact) mass is 395 g/mol. The van der Waals surface area contributed by atoms with Gasteiger partial charge in [0.2, 0.25) is 17.7 Å². The molecule has 0 radical (unpaired) electrons. The van der Waals surface area contributed by atoms with E-state index in [1.54, 1.807) is 4.90 Å². The number of hydrogen-bond acceptors (Lipinski definition) is 3. The number of benzene rings is 1. The zero-order valence-electron chi connectivity index (χ0n) is 16.9. The largest absolute Gasteiger partial charge is 0.339 e. The summed E-state index contributed by atoms with van der Waals surface area (Å²) in [6.45, 7) is 1.93. The predicted octanol–water partition coefficient (Wildman–Crippen LogP) is 2.14. The molecule has 0 N–H and O–H groups in total. The number of nitrogens with zero attached hydrogens (tertiary/aromatic N) is 3. The van der Waals surface area contributed by atoms with Gasteiger partial charge >= 0.3 is 0 Å². The summed E-state index contributed by atoms with van der Waals surface area (Å²) in [5.74, 6) is -0.184. The van der Waals surface area contributed by atoms with E-state index in [1.165, 1.54) is 24.8 Å². The maximum Gasteiger partial charge on any atom is 0.242 e. The zero-order chi connectivity index (χ0) is 20.0. The van der Waals surface area contributed by atoms with Crippen LogP contribution < -0.4 is 0 Å². The van der Waals surface area contributed by atoms with E-state index in [2.05, 4.69) is 12.1 Å². The molecule has 3 amide bonds. The minimum atomic E-state index is -0.303. The molecule has 2 atom stereocenters. The number of fused-ring (bicyclic) bond motifs is 3. The summed E-state index contributed by atoms with van der Waals surface area (Å²) in [5, 5.41) is 0. The third kappa shape index (κ3) is 3.32. The molecule has 0 aromatic heterocycles. The summed E-state index contributed by atoms with van der Waals surface area (Å²) in [4.78, 5) is 44.3. The molecule has 6 heteroatoms. The van der Waals surface area contributed by atoms with Gasteiger partial charge in [-0.25, -0.2) is 0 Å². The van der Waals surface area contributed by atoms with Gasteiger partial charge in [-0.05, 0) is 30.4 Å². The lowest BCUT2D eigenvalue weighted by molar-refractivity contribution is -0.151. The van der Waals surface area contributed by atoms with Gasteiger partial charge in [0, 0.05) is 32.1 Å². The van der Waals surface area contributed by atoms with E-state index in [0.717, 1.165) is 31.4 Å². The van der Waals surface area contributed by atoms with Crippen molar-refractivity contribution in [3.05, 3.63) is 35.4 Å². The smallest absolute Gasteiger partial charge is 0.242 e. The Morgan fingerprint density at radius 3 is 2.55 bits per heavy atom. The van der Waals surface area contributed by atoms with Crippen LogP contribution >= 0.6 is 0 Å². The Morgan fingerprint density at radius 1 is 0.931 bits per heavy atom. The van der Waals surface area contributed by atoms with Crippen LogP contribution in [0.3, 0.4) is 0 Å². The fourth-order valence-corrected chi connectivity index (χ4v) is 5.74. The van der Waals surface area contributed by atoms with Crippen molar-refractivity contribution >= 4 is 17.7 Å². The summed E-state index contributed by atoms with van der Waals surface area (Å²) in [6.07, 6.45) is 6.88. The number of carbonyl (C=O) groups is 3. The molecule has 1 aromatic rings. The molecule has 3 fully saturated rings. The fraction of sp³-hybridized carbons (Fsp3) is 0.609. The van der Waals surface area contributed by atoms with Gasteiger partial charge < -0.3 is 14.7 Å². The van der Waals surface area contributed by atoms with E-state index >= 15 is 0 Å². The van der Waals surface area contributed by atoms with Crippen molar-refractivity contribution in [1.82, 2.24) is 14.7 Å². The predicted molar refractivity (Wildman–Crippen MR) is 108 cm³/mol. The van der Waals surface area contributed by atoms with Crippen molar-refractivity contribution in [2.75, 3.05) is 26.2 Å². The van der Waals surface area contributed by atoms with E-state index in [-0.39, 0.29) is 36.2 Å². The van der Waals surface area contributed by atoms with Gasteiger partial charge in [-0.15, -0.1) is 0 Å². The van der Waals surface area contributed by atoms with Gasteiger partial charge in [-0.2, -0.15) is 0 Å². The first-order chi connectivity index (χ1) is 14.1. The van der Waals surface area contributed by atoms with Crippen LogP contribution in [0.4, 0.5) is 0 Å². The van der Waals surface area contributed by atoms with E-state index in [4.69, 9.17) is 0 Å².